The van der Waals surface area contributed by atoms with Crippen LogP contribution in [0, 0.1) is 6.92 Å². The number of hydrogen-bond acceptors (Lipinski definition) is 5. The van der Waals surface area contributed by atoms with E-state index in [4.69, 9.17) is 16.3 Å². The number of thiophene rings is 1. The van der Waals surface area contributed by atoms with E-state index in [2.05, 4.69) is 5.32 Å². The number of benzene rings is 1. The Hall–Kier alpha value is -2.15. The molecule has 0 aliphatic carbocycles. The molecule has 130 valence electrons. The van der Waals surface area contributed by atoms with Crippen molar-refractivity contribution in [1.29, 1.82) is 0 Å². The fraction of sp³-hybridized carbons (Fsp3) is 0.222. The lowest BCUT2D eigenvalue weighted by Gasteiger charge is -2.15. The van der Waals surface area contributed by atoms with E-state index in [0.717, 1.165) is 10.4 Å². The summed E-state index contributed by atoms with van der Waals surface area (Å²) < 4.78 is 5.01. The normalized spacial score (nSPS) is 14.6. The Morgan fingerprint density at radius 3 is 2.68 bits per heavy atom. The van der Waals surface area contributed by atoms with E-state index in [1.807, 2.05) is 30.5 Å². The molecule has 3 rings (SSSR count). The van der Waals surface area contributed by atoms with Gasteiger partial charge in [0.05, 0.1) is 18.7 Å². The maximum Gasteiger partial charge on any atom is 0.278 e. The van der Waals surface area contributed by atoms with Gasteiger partial charge in [0, 0.05) is 22.7 Å². The highest BCUT2D eigenvalue weighted by molar-refractivity contribution is 7.11. The number of rotatable bonds is 6. The van der Waals surface area contributed by atoms with Gasteiger partial charge in [-0.2, -0.15) is 0 Å². The minimum atomic E-state index is -0.357. The Bertz CT molecular complexity index is 846. The Morgan fingerprint density at radius 1 is 1.20 bits per heavy atom. The molecular weight excluding hydrogens is 360 g/mol. The molecule has 1 N–H and O–H groups in total. The van der Waals surface area contributed by atoms with Gasteiger partial charge in [0.1, 0.15) is 5.70 Å². The number of hydrogen-bond donors (Lipinski definition) is 1. The highest BCUT2D eigenvalue weighted by Gasteiger charge is 2.39. The second kappa shape index (κ2) is 7.39. The number of nitrogens with one attached hydrogen (secondary N) is 1. The summed E-state index contributed by atoms with van der Waals surface area (Å²) in [6.07, 6.45) is 0. The minimum absolute atomic E-state index is 0.211. The molecule has 0 bridgehead atoms. The summed E-state index contributed by atoms with van der Waals surface area (Å²) in [6, 6.07) is 9.09. The van der Waals surface area contributed by atoms with Gasteiger partial charge < -0.3 is 10.1 Å². The predicted octanol–water partition coefficient (Wildman–Crippen LogP) is 3.55. The topological polar surface area (TPSA) is 58.6 Å². The number of nitrogens with zero attached hydrogens (tertiary/aromatic N) is 1. The van der Waals surface area contributed by atoms with Crippen molar-refractivity contribution in [3.05, 3.63) is 56.9 Å². The molecule has 0 unspecified atom stereocenters. The molecule has 2 aromatic rings. The third kappa shape index (κ3) is 3.33. The molecule has 7 heteroatoms. The zero-order valence-electron chi connectivity index (χ0n) is 13.8. The third-order valence-electron chi connectivity index (χ3n) is 3.98. The van der Waals surface area contributed by atoms with Crippen LogP contribution in [0.15, 0.2) is 41.4 Å². The maximum absolute atomic E-state index is 12.8. The molecule has 5 nitrogen and oxygen atoms in total. The van der Waals surface area contributed by atoms with E-state index in [9.17, 15) is 9.59 Å². The van der Waals surface area contributed by atoms with Gasteiger partial charge in [-0.3, -0.25) is 14.5 Å². The molecule has 0 atom stereocenters. The summed E-state index contributed by atoms with van der Waals surface area (Å²) in [5.41, 5.74) is 2.17. The SMILES string of the molecule is COCCN1C(=O)C(Nc2cccc(Cl)c2C)=C(c2cccs2)C1=O. The van der Waals surface area contributed by atoms with E-state index in [0.29, 0.717) is 22.9 Å². The molecule has 0 saturated carbocycles. The van der Waals surface area contributed by atoms with Gasteiger partial charge in [0.2, 0.25) is 0 Å². The van der Waals surface area contributed by atoms with Gasteiger partial charge >= 0.3 is 0 Å². The predicted molar refractivity (Wildman–Crippen MR) is 99.6 cm³/mol. The molecule has 0 fully saturated rings. The molecular formula is C18H17ClN2O3S. The van der Waals surface area contributed by atoms with Crippen LogP contribution in [-0.2, 0) is 14.3 Å². The smallest absolute Gasteiger partial charge is 0.278 e. The van der Waals surface area contributed by atoms with Gasteiger partial charge in [-0.15, -0.1) is 11.3 Å². The van der Waals surface area contributed by atoms with Crippen LogP contribution < -0.4 is 5.32 Å². The number of halogens is 1. The zero-order chi connectivity index (χ0) is 18.0. The maximum atomic E-state index is 12.8. The summed E-state index contributed by atoms with van der Waals surface area (Å²) >= 11 is 7.58. The molecule has 0 radical (unpaired) electrons. The van der Waals surface area contributed by atoms with Crippen LogP contribution in [0.3, 0.4) is 0 Å². The Morgan fingerprint density at radius 2 is 2.00 bits per heavy atom. The Labute approximate surface area is 154 Å². The van der Waals surface area contributed by atoms with E-state index >= 15 is 0 Å². The van der Waals surface area contributed by atoms with Crippen molar-refractivity contribution in [2.75, 3.05) is 25.6 Å². The third-order valence-corrected chi connectivity index (χ3v) is 5.28. The van der Waals surface area contributed by atoms with Crippen LogP contribution in [0.25, 0.3) is 5.57 Å². The fourth-order valence-corrected chi connectivity index (χ4v) is 3.55. The number of ether oxygens (including phenoxy) is 1. The molecule has 2 heterocycles. The van der Waals surface area contributed by atoms with Crippen molar-refractivity contribution in [2.24, 2.45) is 0 Å². The summed E-state index contributed by atoms with van der Waals surface area (Å²) in [4.78, 5) is 27.6. The van der Waals surface area contributed by atoms with E-state index in [1.54, 1.807) is 12.1 Å². The van der Waals surface area contributed by atoms with Crippen LogP contribution in [0.5, 0.6) is 0 Å². The van der Waals surface area contributed by atoms with Crippen molar-refractivity contribution < 1.29 is 14.3 Å². The second-order valence-corrected chi connectivity index (χ2v) is 6.87. The average molecular weight is 377 g/mol. The lowest BCUT2D eigenvalue weighted by molar-refractivity contribution is -0.137. The van der Waals surface area contributed by atoms with E-state index in [1.165, 1.54) is 23.3 Å². The molecule has 0 saturated heterocycles. The fourth-order valence-electron chi connectivity index (χ4n) is 2.60. The van der Waals surface area contributed by atoms with Crippen LogP contribution in [-0.4, -0.2) is 37.0 Å². The van der Waals surface area contributed by atoms with Gasteiger partial charge in [-0.1, -0.05) is 23.7 Å². The van der Waals surface area contributed by atoms with Gasteiger partial charge in [0.15, 0.2) is 0 Å². The molecule has 0 spiro atoms. The Balaban J connectivity index is 2.03. The van der Waals surface area contributed by atoms with Crippen molar-refractivity contribution in [3.8, 4) is 0 Å². The molecule has 1 aromatic carbocycles. The summed E-state index contributed by atoms with van der Waals surface area (Å²) in [5, 5.41) is 5.59. The van der Waals surface area contributed by atoms with Crippen LogP contribution in [0.4, 0.5) is 5.69 Å². The Kier molecular flexibility index (Phi) is 5.22. The average Bonchev–Trinajstić information content (AvgIpc) is 3.18. The largest absolute Gasteiger partial charge is 0.383 e. The van der Waals surface area contributed by atoms with E-state index < -0.39 is 0 Å². The van der Waals surface area contributed by atoms with Crippen LogP contribution in [0.1, 0.15) is 10.4 Å². The first-order valence-electron chi connectivity index (χ1n) is 7.70. The monoisotopic (exact) mass is 376 g/mol. The first kappa shape index (κ1) is 17.7. The van der Waals surface area contributed by atoms with Crippen molar-refractivity contribution in [1.82, 2.24) is 4.90 Å². The molecule has 1 aliphatic rings. The lowest BCUT2D eigenvalue weighted by Crippen LogP contribution is -2.35. The number of carbonyl (C=O) groups excluding carboxylic acids is 2. The van der Waals surface area contributed by atoms with Gasteiger partial charge in [0.25, 0.3) is 11.8 Å². The zero-order valence-corrected chi connectivity index (χ0v) is 15.4. The number of imide groups is 1. The van der Waals surface area contributed by atoms with Crippen molar-refractivity contribution >= 4 is 46.0 Å². The number of amides is 2. The molecule has 1 aliphatic heterocycles. The number of anilines is 1. The molecule has 1 aromatic heterocycles. The first-order chi connectivity index (χ1) is 12.0. The quantitative estimate of drug-likeness (QED) is 0.783. The van der Waals surface area contributed by atoms with Crippen LogP contribution >= 0.6 is 22.9 Å². The van der Waals surface area contributed by atoms with Crippen molar-refractivity contribution in [3.63, 3.8) is 0 Å². The highest BCUT2D eigenvalue weighted by atomic mass is 35.5. The lowest BCUT2D eigenvalue weighted by atomic mass is 10.1. The second-order valence-electron chi connectivity index (χ2n) is 5.52. The highest BCUT2D eigenvalue weighted by Crippen LogP contribution is 2.34. The molecule has 25 heavy (non-hydrogen) atoms. The van der Waals surface area contributed by atoms with Crippen LogP contribution in [0.2, 0.25) is 5.02 Å². The first-order valence-corrected chi connectivity index (χ1v) is 8.95. The van der Waals surface area contributed by atoms with Gasteiger partial charge in [-0.25, -0.2) is 0 Å². The standard InChI is InChI=1S/C18H17ClN2O3S/c1-11-12(19)5-3-6-13(11)20-16-15(14-7-4-10-25-14)17(22)21(18(16)23)8-9-24-2/h3-7,10,20H,8-9H2,1-2H3. The number of methoxy groups -OCH3 is 1. The van der Waals surface area contributed by atoms with Crippen molar-refractivity contribution in [2.45, 2.75) is 6.92 Å². The summed E-state index contributed by atoms with van der Waals surface area (Å²) in [7, 11) is 1.53. The van der Waals surface area contributed by atoms with E-state index in [-0.39, 0.29) is 24.1 Å². The van der Waals surface area contributed by atoms with Gasteiger partial charge in [-0.05, 0) is 36.1 Å². The summed E-state index contributed by atoms with van der Waals surface area (Å²) in [5.74, 6) is -0.670. The minimum Gasteiger partial charge on any atom is -0.383 e. The summed E-state index contributed by atoms with van der Waals surface area (Å²) in [6.45, 7) is 2.36. The molecule has 2 amide bonds. The number of carbonyl (C=O) groups is 2.